The van der Waals surface area contributed by atoms with Gasteiger partial charge in [0.25, 0.3) is 5.91 Å². The quantitative estimate of drug-likeness (QED) is 0.484. The molecule has 4 heterocycles. The first-order valence-electron chi connectivity index (χ1n) is 13.7. The van der Waals surface area contributed by atoms with Gasteiger partial charge in [0.2, 0.25) is 5.95 Å². The summed E-state index contributed by atoms with van der Waals surface area (Å²) in [7, 11) is 0. The van der Waals surface area contributed by atoms with Crippen LogP contribution < -0.4 is 15.5 Å². The van der Waals surface area contributed by atoms with E-state index in [0.717, 1.165) is 31.5 Å². The van der Waals surface area contributed by atoms with Gasteiger partial charge in [-0.15, -0.1) is 0 Å². The predicted octanol–water partition coefficient (Wildman–Crippen LogP) is 3.49. The van der Waals surface area contributed by atoms with Gasteiger partial charge in [-0.25, -0.2) is 14.4 Å². The van der Waals surface area contributed by atoms with Crippen LogP contribution in [0.1, 0.15) is 72.8 Å². The smallest absolute Gasteiger partial charge is 0.324 e. The number of benzene rings is 1. The number of anilines is 2. The number of carbonyl (C=O) groups excluding carboxylic acids is 1. The van der Waals surface area contributed by atoms with Gasteiger partial charge in [-0.1, -0.05) is 36.7 Å². The molecule has 10 nitrogen and oxygen atoms in total. The minimum Gasteiger partial charge on any atom is -0.339 e. The molecule has 0 bridgehead atoms. The molecule has 2 aliphatic rings. The van der Waals surface area contributed by atoms with Crippen molar-refractivity contribution in [3.8, 4) is 0 Å². The van der Waals surface area contributed by atoms with Crippen LogP contribution in [0.2, 0.25) is 0 Å². The van der Waals surface area contributed by atoms with Crippen molar-refractivity contribution in [3.63, 3.8) is 0 Å². The molecule has 3 aromatic rings. The first-order valence-corrected chi connectivity index (χ1v) is 13.7. The molecule has 0 aliphatic carbocycles. The van der Waals surface area contributed by atoms with Crippen LogP contribution >= 0.6 is 0 Å². The van der Waals surface area contributed by atoms with Gasteiger partial charge >= 0.3 is 6.01 Å². The van der Waals surface area contributed by atoms with E-state index >= 15 is 0 Å². The molecule has 0 saturated carbocycles. The third-order valence-corrected chi connectivity index (χ3v) is 7.81. The number of piperidine rings is 1. The largest absolute Gasteiger partial charge is 0.339 e. The third kappa shape index (κ3) is 5.59. The van der Waals surface area contributed by atoms with Crippen LogP contribution in [0.4, 0.5) is 16.4 Å². The van der Waals surface area contributed by atoms with Crippen molar-refractivity contribution in [2.45, 2.75) is 64.5 Å². The molecule has 5 rings (SSSR count). The number of hydrogen-bond acceptors (Lipinski definition) is 9. The second-order valence-electron chi connectivity index (χ2n) is 10.9. The summed E-state index contributed by atoms with van der Waals surface area (Å²) in [6.07, 6.45) is 4.78. The average molecular weight is 537 g/mol. The van der Waals surface area contributed by atoms with Crippen molar-refractivity contribution in [3.05, 3.63) is 58.9 Å². The van der Waals surface area contributed by atoms with Crippen molar-refractivity contribution in [2.24, 2.45) is 5.73 Å². The summed E-state index contributed by atoms with van der Waals surface area (Å²) in [5, 5.41) is 4.06. The Balaban J connectivity index is 1.21. The molecule has 1 aromatic carbocycles. The van der Waals surface area contributed by atoms with Crippen LogP contribution in [0.25, 0.3) is 0 Å². The molecular weight excluding hydrogens is 499 g/mol. The van der Waals surface area contributed by atoms with E-state index in [1.165, 1.54) is 6.07 Å². The van der Waals surface area contributed by atoms with Crippen LogP contribution in [0.3, 0.4) is 0 Å². The Labute approximate surface area is 228 Å². The number of halogens is 1. The number of amides is 1. The van der Waals surface area contributed by atoms with E-state index in [1.54, 1.807) is 18.5 Å². The summed E-state index contributed by atoms with van der Waals surface area (Å²) >= 11 is 0. The summed E-state index contributed by atoms with van der Waals surface area (Å²) in [6, 6.07) is 5.53. The molecule has 2 aliphatic heterocycles. The Kier molecular flexibility index (Phi) is 7.79. The first kappa shape index (κ1) is 27.0. The van der Waals surface area contributed by atoms with E-state index in [9.17, 15) is 9.18 Å². The highest BCUT2D eigenvalue weighted by Gasteiger charge is 2.35. The van der Waals surface area contributed by atoms with Gasteiger partial charge in [0, 0.05) is 69.0 Å². The fourth-order valence-corrected chi connectivity index (χ4v) is 5.56. The monoisotopic (exact) mass is 536 g/mol. The van der Waals surface area contributed by atoms with E-state index in [0.29, 0.717) is 48.5 Å². The highest BCUT2D eigenvalue weighted by atomic mass is 19.1. The van der Waals surface area contributed by atoms with Crippen molar-refractivity contribution in [1.29, 1.82) is 0 Å². The predicted molar refractivity (Wildman–Crippen MR) is 146 cm³/mol. The molecule has 0 radical (unpaired) electrons. The Hall–Kier alpha value is -3.60. The molecule has 208 valence electrons. The van der Waals surface area contributed by atoms with E-state index in [4.69, 9.17) is 10.3 Å². The molecule has 2 aromatic heterocycles. The molecule has 2 saturated heterocycles. The fraction of sp³-hybridized carbons (Fsp3) is 0.536. The van der Waals surface area contributed by atoms with E-state index in [-0.39, 0.29) is 35.6 Å². The SMILES string of the molecule is CCN(C(=O)c1cnc(N2CC(N)C(c3cc(C)ccc3F)C2)nc1)C1CCN(c2nc(C(C)C)no2)CC1. The molecule has 0 spiro atoms. The van der Waals surface area contributed by atoms with Crippen LogP contribution in [0.5, 0.6) is 0 Å². The number of hydrogen-bond donors (Lipinski definition) is 1. The summed E-state index contributed by atoms with van der Waals surface area (Å²) in [4.78, 5) is 32.8. The van der Waals surface area contributed by atoms with Crippen molar-refractivity contribution in [2.75, 3.05) is 42.5 Å². The maximum absolute atomic E-state index is 14.5. The molecule has 1 amide bonds. The van der Waals surface area contributed by atoms with Gasteiger partial charge < -0.3 is 25.0 Å². The molecule has 2 fully saturated rings. The molecule has 2 unspecified atom stereocenters. The highest BCUT2D eigenvalue weighted by Crippen LogP contribution is 2.31. The molecular formula is C28H37FN8O2. The van der Waals surface area contributed by atoms with Gasteiger partial charge in [-0.05, 0) is 38.3 Å². The van der Waals surface area contributed by atoms with Crippen LogP contribution in [0.15, 0.2) is 35.1 Å². The van der Waals surface area contributed by atoms with Gasteiger partial charge in [0.15, 0.2) is 5.82 Å². The van der Waals surface area contributed by atoms with Gasteiger partial charge in [-0.3, -0.25) is 4.79 Å². The summed E-state index contributed by atoms with van der Waals surface area (Å²) in [5.74, 6) is 0.929. The van der Waals surface area contributed by atoms with Gasteiger partial charge in [0.05, 0.1) is 5.56 Å². The van der Waals surface area contributed by atoms with Crippen LogP contribution in [-0.2, 0) is 0 Å². The summed E-state index contributed by atoms with van der Waals surface area (Å²) in [6.45, 7) is 11.1. The summed E-state index contributed by atoms with van der Waals surface area (Å²) < 4.78 is 20.0. The van der Waals surface area contributed by atoms with Crippen molar-refractivity contribution >= 4 is 17.9 Å². The van der Waals surface area contributed by atoms with E-state index in [2.05, 4.69) is 25.0 Å². The van der Waals surface area contributed by atoms with Crippen LogP contribution in [0, 0.1) is 12.7 Å². The maximum Gasteiger partial charge on any atom is 0.324 e. The zero-order valence-corrected chi connectivity index (χ0v) is 23.0. The second-order valence-corrected chi connectivity index (χ2v) is 10.9. The lowest BCUT2D eigenvalue weighted by Crippen LogP contribution is -2.47. The topological polar surface area (TPSA) is 118 Å². The van der Waals surface area contributed by atoms with Gasteiger partial charge in [-0.2, -0.15) is 4.98 Å². The molecule has 2 N–H and O–H groups in total. The Morgan fingerprint density at radius 2 is 1.90 bits per heavy atom. The molecule has 11 heteroatoms. The van der Waals surface area contributed by atoms with Gasteiger partial charge in [0.1, 0.15) is 5.82 Å². The molecule has 2 atom stereocenters. The molecule has 39 heavy (non-hydrogen) atoms. The normalized spacial score (nSPS) is 20.2. The standard InChI is InChI=1S/C28H37FN8O2/c1-5-37(20-8-10-35(11-9-20)28-33-25(17(2)3)34-39-28)26(38)19-13-31-27(32-14-19)36-15-22(24(30)16-36)21-12-18(4)6-7-23(21)29/h6-7,12-14,17,20,22,24H,5,8-11,15-16,30H2,1-4H3. The van der Waals surface area contributed by atoms with E-state index < -0.39 is 0 Å². The Morgan fingerprint density at radius 1 is 1.18 bits per heavy atom. The van der Waals surface area contributed by atoms with Crippen molar-refractivity contribution in [1.82, 2.24) is 25.0 Å². The highest BCUT2D eigenvalue weighted by molar-refractivity contribution is 5.94. The zero-order valence-electron chi connectivity index (χ0n) is 23.0. The van der Waals surface area contributed by atoms with E-state index in [1.807, 2.05) is 43.6 Å². The lowest BCUT2D eigenvalue weighted by molar-refractivity contribution is 0.0661. The minimum atomic E-state index is -0.243. The Bertz CT molecular complexity index is 1290. The number of aryl methyl sites for hydroxylation is 1. The number of nitrogens with two attached hydrogens (primary N) is 1. The maximum atomic E-state index is 14.5. The average Bonchev–Trinajstić information content (AvgIpc) is 3.59. The number of nitrogens with zero attached hydrogens (tertiary/aromatic N) is 7. The lowest BCUT2D eigenvalue weighted by Gasteiger charge is -2.37. The zero-order chi connectivity index (χ0) is 27.7. The Morgan fingerprint density at radius 3 is 2.54 bits per heavy atom. The summed E-state index contributed by atoms with van der Waals surface area (Å²) in [5.41, 5.74) is 8.47. The van der Waals surface area contributed by atoms with Crippen molar-refractivity contribution < 1.29 is 13.7 Å². The fourth-order valence-electron chi connectivity index (χ4n) is 5.56. The number of carbonyl (C=O) groups is 1. The van der Waals surface area contributed by atoms with Crippen LogP contribution in [-0.4, -0.2) is 75.7 Å². The third-order valence-electron chi connectivity index (χ3n) is 7.81. The lowest BCUT2D eigenvalue weighted by atomic mass is 9.93. The first-order chi connectivity index (χ1) is 18.7. The minimum absolute atomic E-state index is 0.0831. The second kappa shape index (κ2) is 11.3. The number of aromatic nitrogens is 4. The number of rotatable bonds is 7.